The van der Waals surface area contributed by atoms with Crippen molar-refractivity contribution in [1.82, 2.24) is 4.90 Å². The summed E-state index contributed by atoms with van der Waals surface area (Å²) in [5.74, 6) is 0. The van der Waals surface area contributed by atoms with Gasteiger partial charge in [0, 0.05) is 13.1 Å². The number of likely N-dealkylation sites (tertiary alicyclic amines) is 1. The summed E-state index contributed by atoms with van der Waals surface area (Å²) >= 11 is 0. The fourth-order valence-electron chi connectivity index (χ4n) is 1.39. The highest BCUT2D eigenvalue weighted by Gasteiger charge is 2.25. The van der Waals surface area contributed by atoms with E-state index >= 15 is 0 Å². The van der Waals surface area contributed by atoms with Crippen LogP contribution in [0.2, 0.25) is 0 Å². The molecule has 15 heavy (non-hydrogen) atoms. The fraction of sp³-hybridized carbons (Fsp3) is 0.909. The predicted octanol–water partition coefficient (Wildman–Crippen LogP) is 1.63. The summed E-state index contributed by atoms with van der Waals surface area (Å²) < 4.78 is 5.05. The van der Waals surface area contributed by atoms with E-state index in [0.717, 1.165) is 25.9 Å². The quantitative estimate of drug-likeness (QED) is 0.761. The first kappa shape index (κ1) is 12.3. The Kier molecular flexibility index (Phi) is 3.97. The Morgan fingerprint density at radius 2 is 1.93 bits per heavy atom. The number of hydrogen-bond donors (Lipinski definition) is 1. The van der Waals surface area contributed by atoms with Gasteiger partial charge >= 0.3 is 6.09 Å². The van der Waals surface area contributed by atoms with Crippen molar-refractivity contribution in [1.29, 1.82) is 0 Å². The van der Waals surface area contributed by atoms with Gasteiger partial charge < -0.3 is 14.7 Å². The third kappa shape index (κ3) is 3.70. The van der Waals surface area contributed by atoms with Crippen molar-refractivity contribution < 1.29 is 14.6 Å². The molecule has 0 radical (unpaired) electrons. The number of carbonyl (C=O) groups is 1. The van der Waals surface area contributed by atoms with Gasteiger partial charge in [0.2, 0.25) is 0 Å². The average Bonchev–Trinajstić information content (AvgIpc) is 2.64. The van der Waals surface area contributed by atoms with Crippen molar-refractivity contribution in [2.75, 3.05) is 19.7 Å². The van der Waals surface area contributed by atoms with E-state index in [4.69, 9.17) is 4.74 Å². The molecule has 1 atom stereocenters. The number of hydrogen-bond acceptors (Lipinski definition) is 3. The molecule has 0 aromatic rings. The maximum atomic E-state index is 11.5. The Morgan fingerprint density at radius 1 is 1.40 bits per heavy atom. The molecule has 0 aromatic heterocycles. The molecule has 0 saturated carbocycles. The highest BCUT2D eigenvalue weighted by Crippen LogP contribution is 2.19. The summed E-state index contributed by atoms with van der Waals surface area (Å²) in [5.41, 5.74) is -0.245. The molecule has 1 N–H and O–H groups in total. The van der Waals surface area contributed by atoms with Crippen LogP contribution in [0.1, 0.15) is 33.6 Å². The standard InChI is InChI=1S/C11H21NO3/c1-11(2,3)9(13)8-15-10(14)12-6-4-5-7-12/h9,13H,4-8H2,1-3H3. The second-order valence-corrected chi connectivity index (χ2v) is 5.15. The monoisotopic (exact) mass is 215 g/mol. The van der Waals surface area contributed by atoms with E-state index in [-0.39, 0.29) is 18.1 Å². The summed E-state index contributed by atoms with van der Waals surface area (Å²) in [6.07, 6.45) is 1.20. The van der Waals surface area contributed by atoms with Gasteiger partial charge in [0.15, 0.2) is 0 Å². The van der Waals surface area contributed by atoms with Crippen LogP contribution in [0.5, 0.6) is 0 Å². The van der Waals surface area contributed by atoms with Crippen molar-refractivity contribution in [2.24, 2.45) is 5.41 Å². The molecule has 1 aliphatic heterocycles. The minimum atomic E-state index is -0.607. The van der Waals surface area contributed by atoms with E-state index in [1.54, 1.807) is 4.90 Å². The molecule has 1 fully saturated rings. The SMILES string of the molecule is CC(C)(C)C(O)COC(=O)N1CCCC1. The molecule has 0 bridgehead atoms. The molecule has 0 aromatic carbocycles. The summed E-state index contributed by atoms with van der Waals surface area (Å²) in [5, 5.41) is 9.68. The van der Waals surface area contributed by atoms with Gasteiger partial charge in [0.25, 0.3) is 0 Å². The summed E-state index contributed by atoms with van der Waals surface area (Å²) in [6, 6.07) is 0. The first-order valence-corrected chi connectivity index (χ1v) is 5.51. The van der Waals surface area contributed by atoms with Gasteiger partial charge in [-0.15, -0.1) is 0 Å². The molecule has 4 nitrogen and oxygen atoms in total. The Bertz CT molecular complexity index is 216. The van der Waals surface area contributed by atoms with Crippen molar-refractivity contribution in [3.63, 3.8) is 0 Å². The second-order valence-electron chi connectivity index (χ2n) is 5.15. The van der Waals surface area contributed by atoms with Crippen LogP contribution >= 0.6 is 0 Å². The normalized spacial score (nSPS) is 19.1. The van der Waals surface area contributed by atoms with Crippen LogP contribution in [0.15, 0.2) is 0 Å². The van der Waals surface area contributed by atoms with Crippen molar-refractivity contribution >= 4 is 6.09 Å². The molecular weight excluding hydrogens is 194 g/mol. The van der Waals surface area contributed by atoms with Gasteiger partial charge in [-0.3, -0.25) is 0 Å². The lowest BCUT2D eigenvalue weighted by molar-refractivity contribution is -0.00348. The van der Waals surface area contributed by atoms with Gasteiger partial charge in [-0.2, -0.15) is 0 Å². The topological polar surface area (TPSA) is 49.8 Å². The maximum absolute atomic E-state index is 11.5. The predicted molar refractivity (Wildman–Crippen MR) is 57.6 cm³/mol. The summed E-state index contributed by atoms with van der Waals surface area (Å²) in [7, 11) is 0. The molecule has 1 aliphatic rings. The maximum Gasteiger partial charge on any atom is 0.409 e. The number of ether oxygens (including phenoxy) is 1. The van der Waals surface area contributed by atoms with Crippen LogP contribution in [0, 0.1) is 5.41 Å². The number of aliphatic hydroxyl groups excluding tert-OH is 1. The number of aliphatic hydroxyl groups is 1. The summed E-state index contributed by atoms with van der Waals surface area (Å²) in [4.78, 5) is 13.2. The minimum Gasteiger partial charge on any atom is -0.447 e. The molecule has 1 saturated heterocycles. The first-order valence-electron chi connectivity index (χ1n) is 5.51. The van der Waals surface area contributed by atoms with E-state index in [1.165, 1.54) is 0 Å². The average molecular weight is 215 g/mol. The Balaban J connectivity index is 2.27. The molecule has 1 unspecified atom stereocenters. The van der Waals surface area contributed by atoms with Crippen molar-refractivity contribution in [2.45, 2.75) is 39.7 Å². The van der Waals surface area contributed by atoms with E-state index in [1.807, 2.05) is 20.8 Å². The largest absolute Gasteiger partial charge is 0.447 e. The second kappa shape index (κ2) is 4.84. The number of rotatable bonds is 2. The lowest BCUT2D eigenvalue weighted by Crippen LogP contribution is -2.35. The van der Waals surface area contributed by atoms with Crippen molar-refractivity contribution in [3.8, 4) is 0 Å². The van der Waals surface area contributed by atoms with Gasteiger partial charge in [-0.25, -0.2) is 4.79 Å². The Morgan fingerprint density at radius 3 is 2.40 bits per heavy atom. The molecule has 4 heteroatoms. The number of amides is 1. The van der Waals surface area contributed by atoms with E-state index in [9.17, 15) is 9.90 Å². The van der Waals surface area contributed by atoms with Gasteiger partial charge in [-0.05, 0) is 18.3 Å². The van der Waals surface area contributed by atoms with Crippen LogP contribution in [0.3, 0.4) is 0 Å². The van der Waals surface area contributed by atoms with Crippen LogP contribution in [0.25, 0.3) is 0 Å². The molecule has 1 heterocycles. The third-order valence-electron chi connectivity index (χ3n) is 2.73. The number of nitrogens with zero attached hydrogens (tertiary/aromatic N) is 1. The highest BCUT2D eigenvalue weighted by atomic mass is 16.6. The van der Waals surface area contributed by atoms with Crippen LogP contribution in [0.4, 0.5) is 4.79 Å². The van der Waals surface area contributed by atoms with Crippen molar-refractivity contribution in [3.05, 3.63) is 0 Å². The molecule has 0 spiro atoms. The number of carbonyl (C=O) groups excluding carboxylic acids is 1. The third-order valence-corrected chi connectivity index (χ3v) is 2.73. The van der Waals surface area contributed by atoms with E-state index in [0.29, 0.717) is 0 Å². The fourth-order valence-corrected chi connectivity index (χ4v) is 1.39. The molecule has 1 amide bonds. The lowest BCUT2D eigenvalue weighted by Gasteiger charge is -2.26. The summed E-state index contributed by atoms with van der Waals surface area (Å²) in [6.45, 7) is 7.40. The molecule has 0 aliphatic carbocycles. The van der Waals surface area contributed by atoms with Gasteiger partial charge in [0.05, 0.1) is 6.10 Å². The van der Waals surface area contributed by atoms with E-state index in [2.05, 4.69) is 0 Å². The van der Waals surface area contributed by atoms with Crippen LogP contribution in [-0.4, -0.2) is 41.9 Å². The zero-order chi connectivity index (χ0) is 11.5. The molecule has 88 valence electrons. The zero-order valence-corrected chi connectivity index (χ0v) is 9.82. The van der Waals surface area contributed by atoms with Crippen LogP contribution in [-0.2, 0) is 4.74 Å². The van der Waals surface area contributed by atoms with Gasteiger partial charge in [0.1, 0.15) is 6.61 Å². The van der Waals surface area contributed by atoms with Gasteiger partial charge in [-0.1, -0.05) is 20.8 Å². The Labute approximate surface area is 91.2 Å². The highest BCUT2D eigenvalue weighted by molar-refractivity contribution is 5.67. The molecule has 1 rings (SSSR count). The zero-order valence-electron chi connectivity index (χ0n) is 9.82. The lowest BCUT2D eigenvalue weighted by atomic mass is 9.90. The van der Waals surface area contributed by atoms with E-state index < -0.39 is 6.10 Å². The smallest absolute Gasteiger partial charge is 0.409 e. The first-order chi connectivity index (χ1) is 6.91. The molecular formula is C11H21NO3. The minimum absolute atomic E-state index is 0.0822. The van der Waals surface area contributed by atoms with Crippen LogP contribution < -0.4 is 0 Å². The Hall–Kier alpha value is -0.770.